The van der Waals surface area contributed by atoms with Gasteiger partial charge in [-0.15, -0.1) is 0 Å². The van der Waals surface area contributed by atoms with Crippen LogP contribution in [0.25, 0.3) is 0 Å². The van der Waals surface area contributed by atoms with Crippen molar-refractivity contribution in [2.24, 2.45) is 17.3 Å². The molecule has 0 aliphatic heterocycles. The van der Waals surface area contributed by atoms with E-state index in [2.05, 4.69) is 32.1 Å². The van der Waals surface area contributed by atoms with Crippen molar-refractivity contribution < 1.29 is 4.79 Å². The Bertz CT molecular complexity index is 320. The number of allylic oxidation sites excluding steroid dienone is 4. The Morgan fingerprint density at radius 1 is 1.29 bits per heavy atom. The monoisotopic (exact) mass is 190 g/mol. The first-order valence-corrected chi connectivity index (χ1v) is 5.41. The lowest BCUT2D eigenvalue weighted by molar-refractivity contribution is -0.123. The molecule has 0 heterocycles. The molecule has 0 aromatic rings. The van der Waals surface area contributed by atoms with Gasteiger partial charge in [0.25, 0.3) is 0 Å². The van der Waals surface area contributed by atoms with Gasteiger partial charge < -0.3 is 0 Å². The van der Waals surface area contributed by atoms with E-state index in [0.29, 0.717) is 11.7 Å². The minimum absolute atomic E-state index is 0.188. The van der Waals surface area contributed by atoms with Gasteiger partial charge >= 0.3 is 0 Å². The smallest absolute Gasteiger partial charge is 0.161 e. The van der Waals surface area contributed by atoms with E-state index >= 15 is 0 Å². The Labute approximate surface area is 85.9 Å². The summed E-state index contributed by atoms with van der Waals surface area (Å²) in [6, 6.07) is 0. The average molecular weight is 190 g/mol. The fraction of sp³-hybridized carbons (Fsp3) is 0.615. The lowest BCUT2D eigenvalue weighted by atomic mass is 9.61. The number of rotatable bonds is 0. The molecule has 0 amide bonds. The third-order valence-electron chi connectivity index (χ3n) is 3.70. The summed E-state index contributed by atoms with van der Waals surface area (Å²) in [5.74, 6) is 1.14. The second kappa shape index (κ2) is 3.08. The fourth-order valence-corrected chi connectivity index (χ4v) is 2.95. The van der Waals surface area contributed by atoms with Gasteiger partial charge in [-0.2, -0.15) is 0 Å². The Hall–Kier alpha value is -0.850. The van der Waals surface area contributed by atoms with Crippen molar-refractivity contribution in [2.45, 2.75) is 33.6 Å². The minimum Gasteiger partial charge on any atom is -0.294 e. The molecular formula is C13H18O. The van der Waals surface area contributed by atoms with Gasteiger partial charge in [0, 0.05) is 5.92 Å². The first-order chi connectivity index (χ1) is 6.52. The van der Waals surface area contributed by atoms with Crippen LogP contribution in [-0.4, -0.2) is 5.78 Å². The third kappa shape index (κ3) is 1.35. The number of carbonyl (C=O) groups is 1. The molecule has 0 spiro atoms. The van der Waals surface area contributed by atoms with Crippen LogP contribution in [0.3, 0.4) is 0 Å². The Morgan fingerprint density at radius 2 is 1.93 bits per heavy atom. The summed E-state index contributed by atoms with van der Waals surface area (Å²) in [6.45, 7) is 6.46. The van der Waals surface area contributed by atoms with Crippen molar-refractivity contribution in [1.29, 1.82) is 0 Å². The van der Waals surface area contributed by atoms with Crippen LogP contribution in [0.5, 0.6) is 0 Å². The van der Waals surface area contributed by atoms with Crippen molar-refractivity contribution in [2.75, 3.05) is 0 Å². The standard InChI is InChI=1S/C13H18O/c1-9-8-13(2,3)11-7-5-4-6-10(11)12(9)14/h4-5,8,10-11H,6-7H2,1-3H3/t10-,11-/m0/s1. The Morgan fingerprint density at radius 3 is 2.64 bits per heavy atom. The van der Waals surface area contributed by atoms with Crippen LogP contribution in [0, 0.1) is 17.3 Å². The summed E-state index contributed by atoms with van der Waals surface area (Å²) in [5.41, 5.74) is 1.15. The van der Waals surface area contributed by atoms with Crippen LogP contribution in [0.4, 0.5) is 0 Å². The largest absolute Gasteiger partial charge is 0.294 e. The number of carbonyl (C=O) groups excluding carboxylic acids is 1. The summed E-state index contributed by atoms with van der Waals surface area (Å²) in [5, 5.41) is 0. The van der Waals surface area contributed by atoms with Gasteiger partial charge in [-0.25, -0.2) is 0 Å². The first-order valence-electron chi connectivity index (χ1n) is 5.41. The molecule has 0 bridgehead atoms. The van der Waals surface area contributed by atoms with E-state index < -0.39 is 0 Å². The van der Waals surface area contributed by atoms with Crippen molar-refractivity contribution in [1.82, 2.24) is 0 Å². The van der Waals surface area contributed by atoms with Crippen molar-refractivity contribution in [3.63, 3.8) is 0 Å². The highest BCUT2D eigenvalue weighted by Gasteiger charge is 2.41. The summed E-state index contributed by atoms with van der Waals surface area (Å²) in [6.07, 6.45) is 8.55. The van der Waals surface area contributed by atoms with Gasteiger partial charge in [-0.05, 0) is 36.7 Å². The molecule has 0 unspecified atom stereocenters. The second-order valence-corrected chi connectivity index (χ2v) is 5.17. The minimum atomic E-state index is 0.188. The van der Waals surface area contributed by atoms with E-state index in [1.807, 2.05) is 6.92 Å². The van der Waals surface area contributed by atoms with E-state index in [-0.39, 0.29) is 11.3 Å². The molecule has 0 aromatic heterocycles. The van der Waals surface area contributed by atoms with E-state index in [4.69, 9.17) is 0 Å². The molecule has 0 fully saturated rings. The predicted molar refractivity (Wildman–Crippen MR) is 57.9 cm³/mol. The van der Waals surface area contributed by atoms with Gasteiger partial charge in [0.05, 0.1) is 0 Å². The summed E-state index contributed by atoms with van der Waals surface area (Å²) >= 11 is 0. The average Bonchev–Trinajstić information content (AvgIpc) is 2.14. The van der Waals surface area contributed by atoms with Gasteiger partial charge in [0.2, 0.25) is 0 Å². The maximum Gasteiger partial charge on any atom is 0.161 e. The van der Waals surface area contributed by atoms with Crippen LogP contribution in [0.15, 0.2) is 23.8 Å². The molecule has 2 aliphatic carbocycles. The Balaban J connectivity index is 2.41. The topological polar surface area (TPSA) is 17.1 Å². The molecule has 0 saturated heterocycles. The molecule has 0 aromatic carbocycles. The van der Waals surface area contributed by atoms with Gasteiger partial charge in [-0.1, -0.05) is 32.1 Å². The van der Waals surface area contributed by atoms with Crippen molar-refractivity contribution in [3.8, 4) is 0 Å². The first kappa shape index (κ1) is 9.70. The highest BCUT2D eigenvalue weighted by atomic mass is 16.1. The normalized spacial score (nSPS) is 35.1. The number of Topliss-reactive ketones (excluding diaryl/α,β-unsaturated/α-hetero) is 1. The molecule has 14 heavy (non-hydrogen) atoms. The van der Waals surface area contributed by atoms with Crippen LogP contribution in [0.2, 0.25) is 0 Å². The molecule has 0 radical (unpaired) electrons. The van der Waals surface area contributed by atoms with Gasteiger partial charge in [-0.3, -0.25) is 4.79 Å². The zero-order valence-corrected chi connectivity index (χ0v) is 9.21. The summed E-state index contributed by atoms with van der Waals surface area (Å²) < 4.78 is 0. The maximum absolute atomic E-state index is 11.9. The molecule has 76 valence electrons. The van der Waals surface area contributed by atoms with E-state index in [1.54, 1.807) is 0 Å². The molecule has 2 aliphatic rings. The molecule has 1 heteroatoms. The fourth-order valence-electron chi connectivity index (χ4n) is 2.95. The van der Waals surface area contributed by atoms with E-state index in [1.165, 1.54) is 0 Å². The van der Waals surface area contributed by atoms with Gasteiger partial charge in [0.15, 0.2) is 5.78 Å². The van der Waals surface area contributed by atoms with Crippen LogP contribution in [-0.2, 0) is 4.79 Å². The lowest BCUT2D eigenvalue weighted by Gasteiger charge is -2.42. The van der Waals surface area contributed by atoms with E-state index in [0.717, 1.165) is 18.4 Å². The molecule has 0 N–H and O–H groups in total. The number of hydrogen-bond donors (Lipinski definition) is 0. The molecular weight excluding hydrogens is 172 g/mol. The summed E-state index contributed by atoms with van der Waals surface area (Å²) in [7, 11) is 0. The SMILES string of the molecule is CC1=CC(C)(C)[C@H]2CC=CC[C@@H]2C1=O. The van der Waals surface area contributed by atoms with Crippen molar-refractivity contribution in [3.05, 3.63) is 23.8 Å². The highest BCUT2D eigenvalue weighted by molar-refractivity contribution is 5.98. The number of fused-ring (bicyclic) bond motifs is 1. The van der Waals surface area contributed by atoms with E-state index in [9.17, 15) is 4.79 Å². The quantitative estimate of drug-likeness (QED) is 0.536. The zero-order chi connectivity index (χ0) is 10.3. The Kier molecular flexibility index (Phi) is 2.13. The van der Waals surface area contributed by atoms with Crippen molar-refractivity contribution >= 4 is 5.78 Å². The highest BCUT2D eigenvalue weighted by Crippen LogP contribution is 2.45. The van der Waals surface area contributed by atoms with Crippen LogP contribution < -0.4 is 0 Å². The third-order valence-corrected chi connectivity index (χ3v) is 3.70. The van der Waals surface area contributed by atoms with Crippen LogP contribution >= 0.6 is 0 Å². The number of hydrogen-bond acceptors (Lipinski definition) is 1. The second-order valence-electron chi connectivity index (χ2n) is 5.17. The number of ketones is 1. The predicted octanol–water partition coefficient (Wildman–Crippen LogP) is 3.12. The van der Waals surface area contributed by atoms with Crippen LogP contribution in [0.1, 0.15) is 33.6 Å². The molecule has 0 saturated carbocycles. The van der Waals surface area contributed by atoms with Gasteiger partial charge in [0.1, 0.15) is 0 Å². The zero-order valence-electron chi connectivity index (χ0n) is 9.21. The molecule has 2 rings (SSSR count). The maximum atomic E-state index is 11.9. The summed E-state index contributed by atoms with van der Waals surface area (Å²) in [4.78, 5) is 11.9. The lowest BCUT2D eigenvalue weighted by Crippen LogP contribution is -2.39. The molecule has 2 atom stereocenters. The molecule has 1 nitrogen and oxygen atoms in total.